The number of nitrogens with one attached hydrogen (secondary N) is 1. The van der Waals surface area contributed by atoms with E-state index in [1.54, 1.807) is 42.7 Å². The number of nitrogens with two attached hydrogens (primary N) is 1. The number of morpholine rings is 1. The van der Waals surface area contributed by atoms with Gasteiger partial charge in [-0.3, -0.25) is 14.5 Å². The normalized spacial score (nSPS) is 19.1. The third-order valence-electron chi connectivity index (χ3n) is 6.26. The van der Waals surface area contributed by atoms with E-state index in [4.69, 9.17) is 22.1 Å². The van der Waals surface area contributed by atoms with Gasteiger partial charge in [0.15, 0.2) is 6.10 Å². The van der Waals surface area contributed by atoms with Gasteiger partial charge < -0.3 is 30.6 Å². The van der Waals surface area contributed by atoms with Crippen LogP contribution >= 0.6 is 11.6 Å². The average molecular weight is 489 g/mol. The largest absolute Gasteiger partial charge is 0.478 e. The molecule has 2 aromatic rings. The fraction of sp³-hybridized carbons (Fsp3) is 0.348. The minimum Gasteiger partial charge on any atom is -0.478 e. The number of rotatable bonds is 6. The summed E-state index contributed by atoms with van der Waals surface area (Å²) in [6.45, 7) is 4.75. The second kappa shape index (κ2) is 9.22. The molecule has 0 spiro atoms. The summed E-state index contributed by atoms with van der Waals surface area (Å²) in [5.41, 5.74) is 8.00. The van der Waals surface area contributed by atoms with Crippen LogP contribution in [0.5, 0.6) is 0 Å². The Balaban J connectivity index is 1.97. The van der Waals surface area contributed by atoms with Crippen LogP contribution < -0.4 is 11.1 Å². The predicted molar refractivity (Wildman–Crippen MR) is 125 cm³/mol. The second-order valence-electron chi connectivity index (χ2n) is 8.26. The first-order valence-electron chi connectivity index (χ1n) is 10.7. The van der Waals surface area contributed by atoms with Crippen LogP contribution in [0.25, 0.3) is 11.6 Å². The predicted octanol–water partition coefficient (Wildman–Crippen LogP) is 1.63. The lowest BCUT2D eigenvalue weighted by Gasteiger charge is -2.38. The van der Waals surface area contributed by atoms with Crippen LogP contribution in [0, 0.1) is 13.8 Å². The van der Waals surface area contributed by atoms with Gasteiger partial charge in [0, 0.05) is 40.8 Å². The van der Waals surface area contributed by atoms with Gasteiger partial charge in [-0.15, -0.1) is 0 Å². The van der Waals surface area contributed by atoms with Crippen molar-refractivity contribution in [2.75, 3.05) is 31.6 Å². The molecule has 34 heavy (non-hydrogen) atoms. The number of carboxylic acids is 1. The van der Waals surface area contributed by atoms with Crippen molar-refractivity contribution in [3.63, 3.8) is 0 Å². The van der Waals surface area contributed by atoms with E-state index in [0.29, 0.717) is 59.5 Å². The number of halogens is 1. The van der Waals surface area contributed by atoms with Crippen LogP contribution in [0.4, 0.5) is 5.69 Å². The number of ether oxygens (including phenoxy) is 1. The first-order chi connectivity index (χ1) is 16.1. The number of nitrogens with zero attached hydrogens (tertiary/aromatic N) is 2. The molecule has 1 fully saturated rings. The van der Waals surface area contributed by atoms with Gasteiger partial charge in [0.1, 0.15) is 6.17 Å². The number of hydrogen-bond acceptors (Lipinski definition) is 6. The van der Waals surface area contributed by atoms with Gasteiger partial charge in [-0.1, -0.05) is 11.6 Å². The quantitative estimate of drug-likeness (QED) is 0.452. The Morgan fingerprint density at radius 2 is 1.94 bits per heavy atom. The van der Waals surface area contributed by atoms with E-state index in [2.05, 4.69) is 5.32 Å². The number of anilines is 1. The smallest absolute Gasteiger partial charge is 0.337 e. The minimum atomic E-state index is -1.64. The molecule has 2 unspecified atom stereocenters. The third-order valence-corrected chi connectivity index (χ3v) is 6.49. The zero-order valence-electron chi connectivity index (χ0n) is 18.7. The lowest BCUT2D eigenvalue weighted by molar-refractivity contribution is -0.134. The number of carbonyl (C=O) groups excluding carboxylic acids is 2. The van der Waals surface area contributed by atoms with E-state index in [1.807, 2.05) is 4.90 Å². The summed E-state index contributed by atoms with van der Waals surface area (Å²) in [4.78, 5) is 38.9. The van der Waals surface area contributed by atoms with E-state index in [9.17, 15) is 24.6 Å². The summed E-state index contributed by atoms with van der Waals surface area (Å²) in [6.07, 6.45) is -1.07. The highest BCUT2D eigenvalue weighted by Crippen LogP contribution is 2.38. The molecule has 2 aliphatic heterocycles. The van der Waals surface area contributed by atoms with Gasteiger partial charge in [0.2, 0.25) is 5.91 Å². The molecule has 11 heteroatoms. The number of aromatic carboxylic acids is 1. The Bertz CT molecular complexity index is 1210. The van der Waals surface area contributed by atoms with E-state index in [-0.39, 0.29) is 17.0 Å². The molecule has 0 aliphatic carbocycles. The number of primary amides is 1. The summed E-state index contributed by atoms with van der Waals surface area (Å²) in [6, 6.07) is 4.98. The standard InChI is InChI=1S/C23H25ClN4O6/c1-11-17(10-15-14-9-13(24)3-4-16(14)26-21(15)31)28(12(2)18(11)23(32)33)22(19(29)20(25)30)27-5-7-34-8-6-27/h3-4,9-10,19,22,29H,5-8H2,1-2H3,(H2,25,30)(H,26,31)(H,32,33). The summed E-state index contributed by atoms with van der Waals surface area (Å²) < 4.78 is 6.98. The molecule has 0 bridgehead atoms. The Kier molecular flexibility index (Phi) is 6.50. The monoisotopic (exact) mass is 488 g/mol. The van der Waals surface area contributed by atoms with Crippen LogP contribution in [0.2, 0.25) is 5.02 Å². The SMILES string of the molecule is Cc1c(C(=O)O)c(C)n(C(C(O)C(N)=O)N2CCOCC2)c1C=C1C(=O)Nc2ccc(Cl)cc21. The lowest BCUT2D eigenvalue weighted by atomic mass is 10.0. The van der Waals surface area contributed by atoms with Crippen LogP contribution in [0.3, 0.4) is 0 Å². The molecule has 0 saturated carbocycles. The number of fused-ring (bicyclic) bond motifs is 1. The van der Waals surface area contributed by atoms with E-state index >= 15 is 0 Å². The summed E-state index contributed by atoms with van der Waals surface area (Å²) in [7, 11) is 0. The van der Waals surface area contributed by atoms with Gasteiger partial charge in [0.25, 0.3) is 5.91 Å². The molecule has 0 radical (unpaired) electrons. The summed E-state index contributed by atoms with van der Waals surface area (Å²) >= 11 is 6.15. The fourth-order valence-corrected chi connectivity index (χ4v) is 4.82. The molecule has 10 nitrogen and oxygen atoms in total. The first-order valence-corrected chi connectivity index (χ1v) is 11.1. The number of aromatic nitrogens is 1. The summed E-state index contributed by atoms with van der Waals surface area (Å²) in [5.74, 6) is -2.49. The van der Waals surface area contributed by atoms with Crippen molar-refractivity contribution in [1.29, 1.82) is 0 Å². The third kappa shape index (κ3) is 4.09. The molecule has 2 atom stereocenters. The number of hydrogen-bond donors (Lipinski definition) is 4. The summed E-state index contributed by atoms with van der Waals surface area (Å²) in [5, 5.41) is 24.0. The average Bonchev–Trinajstić information content (AvgIpc) is 3.22. The van der Waals surface area contributed by atoms with Gasteiger partial charge in [0.05, 0.1) is 24.4 Å². The van der Waals surface area contributed by atoms with Crippen LogP contribution in [0.15, 0.2) is 18.2 Å². The number of carbonyl (C=O) groups is 3. The van der Waals surface area contributed by atoms with Crippen molar-refractivity contribution in [2.45, 2.75) is 26.1 Å². The Hall–Kier alpha value is -3.18. The molecule has 4 rings (SSSR count). The van der Waals surface area contributed by atoms with E-state index < -0.39 is 24.1 Å². The Morgan fingerprint density at radius 3 is 2.56 bits per heavy atom. The van der Waals surface area contributed by atoms with E-state index in [1.165, 1.54) is 0 Å². The number of benzene rings is 1. The number of aliphatic hydroxyl groups excluding tert-OH is 1. The maximum absolute atomic E-state index is 12.8. The molecule has 5 N–H and O–H groups in total. The molecule has 1 aromatic carbocycles. The molecular formula is C23H25ClN4O6. The zero-order chi connectivity index (χ0) is 24.7. The number of amides is 2. The van der Waals surface area contributed by atoms with Crippen molar-refractivity contribution < 1.29 is 29.3 Å². The number of carboxylic acid groups (broad SMARTS) is 1. The van der Waals surface area contributed by atoms with Gasteiger partial charge in [-0.05, 0) is 43.7 Å². The van der Waals surface area contributed by atoms with Crippen LogP contribution in [-0.2, 0) is 14.3 Å². The van der Waals surface area contributed by atoms with E-state index in [0.717, 1.165) is 0 Å². The molecule has 1 saturated heterocycles. The van der Waals surface area contributed by atoms with Crippen molar-refractivity contribution in [1.82, 2.24) is 9.47 Å². The second-order valence-corrected chi connectivity index (χ2v) is 8.69. The Morgan fingerprint density at radius 1 is 1.26 bits per heavy atom. The van der Waals surface area contributed by atoms with Crippen molar-refractivity contribution in [3.8, 4) is 0 Å². The highest BCUT2D eigenvalue weighted by atomic mass is 35.5. The van der Waals surface area contributed by atoms with Crippen molar-refractivity contribution in [2.24, 2.45) is 5.73 Å². The first kappa shape index (κ1) is 24.0. The molecule has 1 aromatic heterocycles. The Labute approximate surface area is 200 Å². The van der Waals surface area contributed by atoms with Gasteiger partial charge >= 0.3 is 5.97 Å². The van der Waals surface area contributed by atoms with Crippen molar-refractivity contribution in [3.05, 3.63) is 51.3 Å². The fourth-order valence-electron chi connectivity index (χ4n) is 4.65. The van der Waals surface area contributed by atoms with Crippen LogP contribution in [0.1, 0.15) is 39.0 Å². The molecule has 2 amide bonds. The molecular weight excluding hydrogens is 464 g/mol. The molecule has 3 heterocycles. The molecule has 2 aliphatic rings. The lowest BCUT2D eigenvalue weighted by Crippen LogP contribution is -2.50. The highest BCUT2D eigenvalue weighted by molar-refractivity contribution is 6.36. The maximum Gasteiger partial charge on any atom is 0.337 e. The molecule has 180 valence electrons. The maximum atomic E-state index is 12.8. The van der Waals surface area contributed by atoms with Crippen molar-refractivity contribution >= 4 is 46.7 Å². The zero-order valence-corrected chi connectivity index (χ0v) is 19.4. The van der Waals surface area contributed by atoms with Gasteiger partial charge in [-0.25, -0.2) is 4.79 Å². The van der Waals surface area contributed by atoms with Crippen LogP contribution in [-0.4, -0.2) is 69.9 Å². The highest BCUT2D eigenvalue weighted by Gasteiger charge is 2.37. The van der Waals surface area contributed by atoms with Gasteiger partial charge in [-0.2, -0.15) is 0 Å². The number of aliphatic hydroxyl groups is 1. The minimum absolute atomic E-state index is 0.0199. The topological polar surface area (TPSA) is 147 Å².